The Kier molecular flexibility index (Phi) is 12.9. The van der Waals surface area contributed by atoms with Gasteiger partial charge < -0.3 is 16.4 Å². The minimum Gasteiger partial charge on any atom is -0.397 e. The molecular weight excluding hydrogens is 410 g/mol. The molecule has 0 bridgehead atoms. The molecule has 1 atom stereocenters. The maximum absolute atomic E-state index is 12.3. The van der Waals surface area contributed by atoms with E-state index in [-0.39, 0.29) is 5.91 Å². The highest BCUT2D eigenvalue weighted by atomic mass is 16.1. The van der Waals surface area contributed by atoms with Gasteiger partial charge in [-0.05, 0) is 47.7 Å². The zero-order chi connectivity index (χ0) is 24.6. The van der Waals surface area contributed by atoms with Gasteiger partial charge in [0, 0.05) is 24.5 Å². The second-order valence-electron chi connectivity index (χ2n) is 7.79. The second kappa shape index (κ2) is 15.4. The number of nitrogen functional groups attached to an aromatic ring is 1. The van der Waals surface area contributed by atoms with E-state index < -0.39 is 0 Å². The number of carbonyl (C=O) groups excluding carboxylic acids is 1. The molecule has 1 aromatic heterocycles. The number of nitrogens with two attached hydrogens (primary N) is 1. The van der Waals surface area contributed by atoms with Crippen LogP contribution in [0.1, 0.15) is 63.9 Å². The lowest BCUT2D eigenvalue weighted by molar-refractivity contribution is 0.102. The van der Waals surface area contributed by atoms with Crippen LogP contribution in [0.4, 0.5) is 17.3 Å². The molecule has 0 aliphatic rings. The van der Waals surface area contributed by atoms with Crippen LogP contribution in [0.5, 0.6) is 0 Å². The van der Waals surface area contributed by atoms with Crippen molar-refractivity contribution in [1.82, 2.24) is 9.97 Å². The molecule has 0 saturated carbocycles. The molecule has 0 aliphatic heterocycles. The molecule has 6 heteroatoms. The average Bonchev–Trinajstić information content (AvgIpc) is 2.86. The molecule has 1 heterocycles. The maximum Gasteiger partial charge on any atom is 0.255 e. The zero-order valence-corrected chi connectivity index (χ0v) is 20.8. The minimum absolute atomic E-state index is 0.196. The van der Waals surface area contributed by atoms with Crippen LogP contribution in [0, 0.1) is 11.8 Å². The summed E-state index contributed by atoms with van der Waals surface area (Å²) >= 11 is 0. The van der Waals surface area contributed by atoms with E-state index in [2.05, 4.69) is 48.3 Å². The smallest absolute Gasteiger partial charge is 0.255 e. The summed E-state index contributed by atoms with van der Waals surface area (Å²) < 4.78 is 0. The summed E-state index contributed by atoms with van der Waals surface area (Å²) in [6.07, 6.45) is 4.67. The number of para-hydroxylation sites is 2. The first-order chi connectivity index (χ1) is 15.9. The molecule has 0 aliphatic carbocycles. The van der Waals surface area contributed by atoms with Gasteiger partial charge in [0.05, 0.1) is 11.4 Å². The Hall–Kier alpha value is -3.41. The van der Waals surface area contributed by atoms with Crippen molar-refractivity contribution >= 4 is 23.2 Å². The normalized spacial score (nSPS) is 10.8. The molecular formula is C27H39N5O. The fourth-order valence-corrected chi connectivity index (χ4v) is 2.62. The van der Waals surface area contributed by atoms with E-state index in [0.717, 1.165) is 17.4 Å². The van der Waals surface area contributed by atoms with E-state index in [1.807, 2.05) is 38.1 Å². The molecule has 3 aromatic rings. The average molecular weight is 450 g/mol. The standard InChI is InChI=1S/C18H17N5O.C7H16.C2H6/c19-15-4-1-2-5-16(15)23-17(24)14-8-6-13(7-9-14)12-22-18-20-10-3-11-21-18;1-5-7(4)6(2)3;1-2/h1-11H,12,19H2,(H,23,24)(H,20,21,22);6-7H,5H2,1-4H3;1-2H3/t;7-;/m.1./s1. The Labute approximate surface area is 199 Å². The van der Waals surface area contributed by atoms with Crippen LogP contribution in [-0.2, 0) is 6.54 Å². The fraction of sp³-hybridized carbons (Fsp3) is 0.370. The number of amides is 1. The number of nitrogens with one attached hydrogen (secondary N) is 2. The third-order valence-electron chi connectivity index (χ3n) is 5.22. The third kappa shape index (κ3) is 10.2. The van der Waals surface area contributed by atoms with Crippen LogP contribution in [0.3, 0.4) is 0 Å². The van der Waals surface area contributed by atoms with Crippen molar-refractivity contribution in [2.24, 2.45) is 11.8 Å². The Balaban J connectivity index is 0.000000520. The van der Waals surface area contributed by atoms with Gasteiger partial charge in [-0.25, -0.2) is 9.97 Å². The van der Waals surface area contributed by atoms with Crippen LogP contribution < -0.4 is 16.4 Å². The van der Waals surface area contributed by atoms with E-state index in [1.54, 1.807) is 42.7 Å². The van der Waals surface area contributed by atoms with E-state index in [1.165, 1.54) is 6.42 Å². The topological polar surface area (TPSA) is 92.9 Å². The highest BCUT2D eigenvalue weighted by molar-refractivity contribution is 6.05. The number of benzene rings is 2. The quantitative estimate of drug-likeness (QED) is 0.352. The van der Waals surface area contributed by atoms with Gasteiger partial charge in [-0.2, -0.15) is 0 Å². The van der Waals surface area contributed by atoms with Gasteiger partial charge >= 0.3 is 0 Å². The lowest BCUT2D eigenvalue weighted by Crippen LogP contribution is -2.13. The number of hydrogen-bond acceptors (Lipinski definition) is 5. The van der Waals surface area contributed by atoms with Gasteiger partial charge in [0.1, 0.15) is 0 Å². The molecule has 178 valence electrons. The molecule has 0 radical (unpaired) electrons. The molecule has 3 rings (SSSR count). The largest absolute Gasteiger partial charge is 0.397 e. The highest BCUT2D eigenvalue weighted by Gasteiger charge is 2.08. The third-order valence-corrected chi connectivity index (χ3v) is 5.22. The van der Waals surface area contributed by atoms with Crippen molar-refractivity contribution in [1.29, 1.82) is 0 Å². The van der Waals surface area contributed by atoms with E-state index in [0.29, 0.717) is 29.4 Å². The van der Waals surface area contributed by atoms with Gasteiger partial charge in [0.15, 0.2) is 0 Å². The summed E-state index contributed by atoms with van der Waals surface area (Å²) in [6.45, 7) is 13.7. The number of carbonyl (C=O) groups is 1. The van der Waals surface area contributed by atoms with Gasteiger partial charge in [-0.15, -0.1) is 0 Å². The lowest BCUT2D eigenvalue weighted by atomic mass is 9.96. The summed E-state index contributed by atoms with van der Waals surface area (Å²) in [5.41, 5.74) is 8.57. The molecule has 4 N–H and O–H groups in total. The molecule has 6 nitrogen and oxygen atoms in total. The summed E-state index contributed by atoms with van der Waals surface area (Å²) in [4.78, 5) is 20.4. The Bertz CT molecular complexity index is 927. The predicted octanol–water partition coefficient (Wildman–Crippen LogP) is 6.64. The van der Waals surface area contributed by atoms with Gasteiger partial charge in [0.25, 0.3) is 5.91 Å². The predicted molar refractivity (Wildman–Crippen MR) is 140 cm³/mol. The van der Waals surface area contributed by atoms with Crippen molar-refractivity contribution in [2.75, 3.05) is 16.4 Å². The van der Waals surface area contributed by atoms with Gasteiger partial charge in [0.2, 0.25) is 5.95 Å². The Morgan fingerprint density at radius 2 is 1.55 bits per heavy atom. The monoisotopic (exact) mass is 449 g/mol. The second-order valence-corrected chi connectivity index (χ2v) is 7.79. The number of anilines is 3. The first-order valence-electron chi connectivity index (χ1n) is 11.7. The molecule has 1 amide bonds. The summed E-state index contributed by atoms with van der Waals surface area (Å²) in [6, 6.07) is 16.3. The molecule has 2 aromatic carbocycles. The SMILES string of the molecule is CC.CC[C@@H](C)C(C)C.Nc1ccccc1NC(=O)c1ccc(CNc2ncccn2)cc1. The number of nitrogens with zero attached hydrogens (tertiary/aromatic N) is 2. The van der Waals surface area contributed by atoms with Crippen LogP contribution in [0.15, 0.2) is 67.0 Å². The zero-order valence-electron chi connectivity index (χ0n) is 20.8. The van der Waals surface area contributed by atoms with Gasteiger partial charge in [-0.1, -0.05) is 72.2 Å². The van der Waals surface area contributed by atoms with Crippen molar-refractivity contribution in [2.45, 2.75) is 54.5 Å². The molecule has 0 saturated heterocycles. The maximum atomic E-state index is 12.3. The van der Waals surface area contributed by atoms with Crippen molar-refractivity contribution in [3.63, 3.8) is 0 Å². The fourth-order valence-electron chi connectivity index (χ4n) is 2.62. The van der Waals surface area contributed by atoms with Gasteiger partial charge in [-0.3, -0.25) is 4.79 Å². The van der Waals surface area contributed by atoms with Crippen LogP contribution in [-0.4, -0.2) is 15.9 Å². The molecule has 0 spiro atoms. The van der Waals surface area contributed by atoms with E-state index in [4.69, 9.17) is 5.73 Å². The lowest BCUT2D eigenvalue weighted by Gasteiger charge is -2.10. The Morgan fingerprint density at radius 3 is 2.06 bits per heavy atom. The highest BCUT2D eigenvalue weighted by Crippen LogP contribution is 2.18. The van der Waals surface area contributed by atoms with E-state index in [9.17, 15) is 4.79 Å². The Morgan fingerprint density at radius 1 is 0.939 bits per heavy atom. The van der Waals surface area contributed by atoms with Crippen LogP contribution in [0.25, 0.3) is 0 Å². The molecule has 0 fully saturated rings. The van der Waals surface area contributed by atoms with Crippen LogP contribution >= 0.6 is 0 Å². The van der Waals surface area contributed by atoms with Crippen molar-refractivity contribution in [3.8, 4) is 0 Å². The first-order valence-corrected chi connectivity index (χ1v) is 11.7. The van der Waals surface area contributed by atoms with E-state index >= 15 is 0 Å². The first kappa shape index (κ1) is 27.6. The van der Waals surface area contributed by atoms with Crippen LogP contribution in [0.2, 0.25) is 0 Å². The molecule has 0 unspecified atom stereocenters. The number of hydrogen-bond donors (Lipinski definition) is 3. The summed E-state index contributed by atoms with van der Waals surface area (Å²) in [5.74, 6) is 2.14. The summed E-state index contributed by atoms with van der Waals surface area (Å²) in [7, 11) is 0. The minimum atomic E-state index is -0.196. The van der Waals surface area contributed by atoms with Crippen molar-refractivity contribution in [3.05, 3.63) is 78.1 Å². The summed E-state index contributed by atoms with van der Waals surface area (Å²) in [5, 5.41) is 5.92. The number of rotatable bonds is 7. The van der Waals surface area contributed by atoms with Crippen molar-refractivity contribution < 1.29 is 4.79 Å². The number of aromatic nitrogens is 2. The molecule has 33 heavy (non-hydrogen) atoms.